The normalized spacial score (nSPS) is 12.5. The second kappa shape index (κ2) is 8.97. The van der Waals surface area contributed by atoms with Crippen molar-refractivity contribution in [3.8, 4) is 5.75 Å². The van der Waals surface area contributed by atoms with E-state index < -0.39 is 0 Å². The molecule has 0 unspecified atom stereocenters. The molecule has 0 atom stereocenters. The van der Waals surface area contributed by atoms with Gasteiger partial charge in [-0.05, 0) is 18.8 Å². The Hall–Kier alpha value is -0.292. The summed E-state index contributed by atoms with van der Waals surface area (Å²) < 4.78 is 5.11. The van der Waals surface area contributed by atoms with Gasteiger partial charge >= 0.3 is 21.1 Å². The third kappa shape index (κ3) is 5.37. The summed E-state index contributed by atoms with van der Waals surface area (Å²) in [5, 5.41) is 0. The van der Waals surface area contributed by atoms with Gasteiger partial charge in [0, 0.05) is 5.75 Å². The van der Waals surface area contributed by atoms with Gasteiger partial charge in [-0.3, -0.25) is 0 Å². The van der Waals surface area contributed by atoms with Crippen LogP contribution in [0.15, 0.2) is 18.2 Å². The maximum Gasteiger partial charge on any atom is 2.00 e. The standard InChI is InChI=1S/C10H11O.C2H6.CH3.W/c1-11-10-4-2-3-9(7-10)8-5-6-8;1-2;;/h2,4,7-8H,5-6H2,1H3;1-2H3;1H3;/q-1;;-1;+2. The molecular weight excluding hydrogens is 356 g/mol. The first-order valence-electron chi connectivity index (χ1n) is 4.96. The predicted molar refractivity (Wildman–Crippen MR) is 61.6 cm³/mol. The van der Waals surface area contributed by atoms with Gasteiger partial charge < -0.3 is 12.2 Å². The Bertz CT molecular complexity index is 256. The van der Waals surface area contributed by atoms with Crippen LogP contribution in [0.1, 0.15) is 38.2 Å². The van der Waals surface area contributed by atoms with Gasteiger partial charge in [0.25, 0.3) is 0 Å². The molecule has 0 N–H and O–H groups in total. The Kier molecular flexibility index (Phi) is 10.2. The van der Waals surface area contributed by atoms with Crippen molar-refractivity contribution in [1.82, 2.24) is 0 Å². The molecule has 1 aromatic carbocycles. The van der Waals surface area contributed by atoms with Crippen LogP contribution in [0.25, 0.3) is 0 Å². The van der Waals surface area contributed by atoms with E-state index >= 15 is 0 Å². The van der Waals surface area contributed by atoms with E-state index in [1.807, 2.05) is 26.0 Å². The van der Waals surface area contributed by atoms with Crippen molar-refractivity contribution in [3.05, 3.63) is 37.3 Å². The molecule has 1 aromatic rings. The van der Waals surface area contributed by atoms with Crippen LogP contribution in [0.5, 0.6) is 5.75 Å². The van der Waals surface area contributed by atoms with Crippen molar-refractivity contribution in [3.63, 3.8) is 0 Å². The van der Waals surface area contributed by atoms with E-state index in [1.54, 1.807) is 7.11 Å². The summed E-state index contributed by atoms with van der Waals surface area (Å²) in [5.41, 5.74) is 1.31. The Morgan fingerprint density at radius 1 is 1.33 bits per heavy atom. The molecule has 1 nitrogen and oxygen atoms in total. The zero-order chi connectivity index (χ0) is 9.68. The minimum Gasteiger partial charge on any atom is -0.522 e. The molecule has 0 aliphatic heterocycles. The SMILES string of the molecule is CC.COc1cc[c-]c(C2CC2)c1.[CH3-].[W+2]. The second-order valence-electron chi connectivity index (χ2n) is 2.96. The van der Waals surface area contributed by atoms with Crippen LogP contribution < -0.4 is 4.74 Å². The molecule has 0 heterocycles. The molecule has 0 saturated heterocycles. The Morgan fingerprint density at radius 3 is 2.40 bits per heavy atom. The summed E-state index contributed by atoms with van der Waals surface area (Å²) in [4.78, 5) is 0. The van der Waals surface area contributed by atoms with E-state index in [2.05, 4.69) is 12.1 Å². The summed E-state index contributed by atoms with van der Waals surface area (Å²) in [6, 6.07) is 9.18. The number of hydrogen-bond acceptors (Lipinski definition) is 1. The van der Waals surface area contributed by atoms with Gasteiger partial charge in [-0.1, -0.05) is 13.8 Å². The van der Waals surface area contributed by atoms with E-state index in [-0.39, 0.29) is 28.5 Å². The smallest absolute Gasteiger partial charge is 0.522 e. The molecular formula is C13H20OW. The molecule has 1 saturated carbocycles. The van der Waals surface area contributed by atoms with E-state index in [0.717, 1.165) is 11.7 Å². The molecule has 2 rings (SSSR count). The van der Waals surface area contributed by atoms with Crippen molar-refractivity contribution in [2.45, 2.75) is 32.6 Å². The van der Waals surface area contributed by atoms with E-state index in [4.69, 9.17) is 4.74 Å². The van der Waals surface area contributed by atoms with Gasteiger partial charge in [0.05, 0.1) is 7.11 Å². The van der Waals surface area contributed by atoms with Gasteiger partial charge in [-0.2, -0.15) is 17.7 Å². The molecule has 0 bridgehead atoms. The van der Waals surface area contributed by atoms with Gasteiger partial charge in [-0.15, -0.1) is 12.1 Å². The molecule has 0 spiro atoms. The minimum absolute atomic E-state index is 0. The fraction of sp³-hybridized carbons (Fsp3) is 0.462. The molecule has 1 aliphatic carbocycles. The molecule has 15 heavy (non-hydrogen) atoms. The van der Waals surface area contributed by atoms with Crippen molar-refractivity contribution in [2.24, 2.45) is 0 Å². The quantitative estimate of drug-likeness (QED) is 0.713. The Labute approximate surface area is 108 Å². The topological polar surface area (TPSA) is 9.23 Å². The fourth-order valence-corrected chi connectivity index (χ4v) is 1.22. The van der Waals surface area contributed by atoms with Crippen LogP contribution in [-0.2, 0) is 21.1 Å². The van der Waals surface area contributed by atoms with Crippen LogP contribution in [0, 0.1) is 13.5 Å². The van der Waals surface area contributed by atoms with Crippen molar-refractivity contribution >= 4 is 0 Å². The average molecular weight is 376 g/mol. The predicted octanol–water partition coefficient (Wildman–Crippen LogP) is 3.85. The van der Waals surface area contributed by atoms with E-state index in [0.29, 0.717) is 0 Å². The average Bonchev–Trinajstić information content (AvgIpc) is 3.04. The first-order chi connectivity index (χ1) is 6.40. The Balaban J connectivity index is 0. The number of rotatable bonds is 2. The summed E-state index contributed by atoms with van der Waals surface area (Å²) >= 11 is 0. The Morgan fingerprint density at radius 2 is 1.93 bits per heavy atom. The van der Waals surface area contributed by atoms with Gasteiger partial charge in [-0.25, -0.2) is 0 Å². The third-order valence-corrected chi connectivity index (χ3v) is 2.05. The maximum absolute atomic E-state index is 5.11. The monoisotopic (exact) mass is 376 g/mol. The van der Waals surface area contributed by atoms with Gasteiger partial charge in [0.2, 0.25) is 0 Å². The van der Waals surface area contributed by atoms with Crippen molar-refractivity contribution in [2.75, 3.05) is 7.11 Å². The molecule has 0 radical (unpaired) electrons. The molecule has 1 fully saturated rings. The van der Waals surface area contributed by atoms with Crippen molar-refractivity contribution in [1.29, 1.82) is 0 Å². The third-order valence-electron chi connectivity index (χ3n) is 2.05. The molecule has 1 aliphatic rings. The number of benzene rings is 1. The fourth-order valence-electron chi connectivity index (χ4n) is 1.22. The number of ether oxygens (including phenoxy) is 1. The number of hydrogen-bond donors (Lipinski definition) is 0. The molecule has 0 amide bonds. The zero-order valence-corrected chi connectivity index (χ0v) is 13.0. The summed E-state index contributed by atoms with van der Waals surface area (Å²) in [7, 11) is 1.70. The van der Waals surface area contributed by atoms with E-state index in [9.17, 15) is 0 Å². The molecule has 0 aromatic heterocycles. The largest absolute Gasteiger partial charge is 2.00 e. The zero-order valence-electron chi connectivity index (χ0n) is 10.0. The minimum atomic E-state index is 0. The van der Waals surface area contributed by atoms with Crippen LogP contribution in [0.4, 0.5) is 0 Å². The number of methoxy groups -OCH3 is 1. The first-order valence-corrected chi connectivity index (χ1v) is 4.96. The van der Waals surface area contributed by atoms with Gasteiger partial charge in [0.1, 0.15) is 0 Å². The maximum atomic E-state index is 5.11. The summed E-state index contributed by atoms with van der Waals surface area (Å²) in [5.74, 6) is 1.72. The van der Waals surface area contributed by atoms with Crippen LogP contribution in [0.3, 0.4) is 0 Å². The van der Waals surface area contributed by atoms with E-state index in [1.165, 1.54) is 18.4 Å². The first kappa shape index (κ1) is 17.1. The summed E-state index contributed by atoms with van der Waals surface area (Å²) in [6.07, 6.45) is 2.65. The molecule has 2 heteroatoms. The summed E-state index contributed by atoms with van der Waals surface area (Å²) in [6.45, 7) is 4.00. The molecule has 84 valence electrons. The van der Waals surface area contributed by atoms with Crippen LogP contribution in [-0.4, -0.2) is 7.11 Å². The van der Waals surface area contributed by atoms with Gasteiger partial charge in [0.15, 0.2) is 0 Å². The van der Waals surface area contributed by atoms with Crippen LogP contribution in [0.2, 0.25) is 0 Å². The second-order valence-corrected chi connectivity index (χ2v) is 2.96. The van der Waals surface area contributed by atoms with Crippen LogP contribution >= 0.6 is 0 Å². The van der Waals surface area contributed by atoms with Crippen molar-refractivity contribution < 1.29 is 25.8 Å².